The van der Waals surface area contributed by atoms with E-state index < -0.39 is 0 Å². The van der Waals surface area contributed by atoms with Crippen LogP contribution in [-0.2, 0) is 0 Å². The molecule has 4 rings (SSSR count). The van der Waals surface area contributed by atoms with E-state index in [0.29, 0.717) is 21.4 Å². The third kappa shape index (κ3) is 3.22. The molecule has 1 saturated heterocycles. The van der Waals surface area contributed by atoms with Crippen LogP contribution in [0.5, 0.6) is 0 Å². The molecule has 0 radical (unpaired) electrons. The normalized spacial score (nSPS) is 14.0. The minimum Gasteiger partial charge on any atom is -0.337 e. The third-order valence-electron chi connectivity index (χ3n) is 4.52. The monoisotopic (exact) mass is 385 g/mol. The molecule has 1 amide bonds. The number of hydrogen-bond acceptors (Lipinski definition) is 2. The van der Waals surface area contributed by atoms with Crippen LogP contribution in [0, 0.1) is 0 Å². The summed E-state index contributed by atoms with van der Waals surface area (Å²) in [4.78, 5) is 14.9. The van der Waals surface area contributed by atoms with E-state index in [4.69, 9.17) is 23.2 Å². The molecule has 2 aromatic carbocycles. The summed E-state index contributed by atoms with van der Waals surface area (Å²) in [7, 11) is 0. The molecule has 0 aliphatic carbocycles. The predicted octanol–water partition coefficient (Wildman–Crippen LogP) is 5.08. The number of benzene rings is 2. The molecule has 3 aromatic rings. The molecular formula is C20H17Cl2N3O. The van der Waals surface area contributed by atoms with E-state index in [2.05, 4.69) is 5.10 Å². The Labute approximate surface area is 161 Å². The van der Waals surface area contributed by atoms with Crippen molar-refractivity contribution in [3.8, 4) is 16.9 Å². The number of carbonyl (C=O) groups is 1. The lowest BCUT2D eigenvalue weighted by Crippen LogP contribution is -2.29. The fourth-order valence-corrected chi connectivity index (χ4v) is 3.64. The first kappa shape index (κ1) is 17.1. The van der Waals surface area contributed by atoms with Crippen molar-refractivity contribution < 1.29 is 4.79 Å². The van der Waals surface area contributed by atoms with Crippen LogP contribution in [0.4, 0.5) is 0 Å². The van der Waals surface area contributed by atoms with Crippen LogP contribution in [0.25, 0.3) is 16.9 Å². The van der Waals surface area contributed by atoms with E-state index in [-0.39, 0.29) is 5.91 Å². The maximum Gasteiger partial charge on any atom is 0.272 e. The van der Waals surface area contributed by atoms with E-state index in [9.17, 15) is 4.79 Å². The first-order chi connectivity index (χ1) is 12.6. The number of halogens is 2. The highest BCUT2D eigenvalue weighted by molar-refractivity contribution is 6.33. The molecular weight excluding hydrogens is 369 g/mol. The van der Waals surface area contributed by atoms with Gasteiger partial charge in [0.2, 0.25) is 0 Å². The van der Waals surface area contributed by atoms with Gasteiger partial charge in [0.15, 0.2) is 0 Å². The van der Waals surface area contributed by atoms with Gasteiger partial charge in [0.25, 0.3) is 5.91 Å². The van der Waals surface area contributed by atoms with E-state index in [1.807, 2.05) is 47.4 Å². The molecule has 0 bridgehead atoms. The summed E-state index contributed by atoms with van der Waals surface area (Å²) < 4.78 is 1.66. The Balaban J connectivity index is 1.85. The average molecular weight is 386 g/mol. The molecule has 1 aliphatic heterocycles. The molecule has 0 unspecified atom stereocenters. The van der Waals surface area contributed by atoms with Gasteiger partial charge in [0.1, 0.15) is 5.69 Å². The topological polar surface area (TPSA) is 38.1 Å². The van der Waals surface area contributed by atoms with E-state index in [1.165, 1.54) is 0 Å². The number of likely N-dealkylation sites (tertiary alicyclic amines) is 1. The predicted molar refractivity (Wildman–Crippen MR) is 104 cm³/mol. The summed E-state index contributed by atoms with van der Waals surface area (Å²) in [5, 5.41) is 5.87. The summed E-state index contributed by atoms with van der Waals surface area (Å²) in [6.45, 7) is 1.56. The largest absolute Gasteiger partial charge is 0.337 e. The van der Waals surface area contributed by atoms with Gasteiger partial charge in [-0.1, -0.05) is 47.5 Å². The number of rotatable bonds is 3. The van der Waals surface area contributed by atoms with Gasteiger partial charge in [-0.2, -0.15) is 5.10 Å². The molecule has 0 N–H and O–H groups in total. The van der Waals surface area contributed by atoms with Gasteiger partial charge in [-0.3, -0.25) is 4.79 Å². The highest BCUT2D eigenvalue weighted by Crippen LogP contribution is 2.29. The summed E-state index contributed by atoms with van der Waals surface area (Å²) >= 11 is 12.5. The van der Waals surface area contributed by atoms with Gasteiger partial charge < -0.3 is 4.90 Å². The fraction of sp³-hybridized carbons (Fsp3) is 0.200. The molecule has 0 spiro atoms. The van der Waals surface area contributed by atoms with Crippen LogP contribution in [0.1, 0.15) is 23.3 Å². The Morgan fingerprint density at radius 1 is 0.962 bits per heavy atom. The van der Waals surface area contributed by atoms with Gasteiger partial charge in [-0.25, -0.2) is 4.68 Å². The zero-order valence-electron chi connectivity index (χ0n) is 14.0. The standard InChI is InChI=1S/C20H17Cl2N3O/c21-14-6-5-7-15(12-14)25-19(20(26)24-10-3-4-11-24)13-18(23-25)16-8-1-2-9-17(16)22/h1-2,5-9,12-13H,3-4,10-11H2. The lowest BCUT2D eigenvalue weighted by molar-refractivity contribution is 0.0784. The molecule has 0 atom stereocenters. The molecule has 2 heterocycles. The van der Waals surface area contributed by atoms with Crippen LogP contribution in [0.15, 0.2) is 54.6 Å². The Hall–Kier alpha value is -2.30. The Morgan fingerprint density at radius 3 is 2.46 bits per heavy atom. The van der Waals surface area contributed by atoms with Crippen LogP contribution in [0.2, 0.25) is 10.0 Å². The lowest BCUT2D eigenvalue weighted by Gasteiger charge is -2.16. The van der Waals surface area contributed by atoms with Crippen LogP contribution in [0.3, 0.4) is 0 Å². The number of nitrogens with zero attached hydrogens (tertiary/aromatic N) is 3. The van der Waals surface area contributed by atoms with Gasteiger partial charge in [0.05, 0.1) is 16.4 Å². The first-order valence-corrected chi connectivity index (χ1v) is 9.29. The van der Waals surface area contributed by atoms with Crippen molar-refractivity contribution in [1.29, 1.82) is 0 Å². The zero-order chi connectivity index (χ0) is 18.1. The van der Waals surface area contributed by atoms with Crippen molar-refractivity contribution in [2.45, 2.75) is 12.8 Å². The zero-order valence-corrected chi connectivity index (χ0v) is 15.5. The van der Waals surface area contributed by atoms with Crippen molar-refractivity contribution in [3.05, 3.63) is 70.3 Å². The first-order valence-electron chi connectivity index (χ1n) is 8.54. The fourth-order valence-electron chi connectivity index (χ4n) is 3.22. The van der Waals surface area contributed by atoms with Gasteiger partial charge in [0, 0.05) is 23.7 Å². The molecule has 6 heteroatoms. The highest BCUT2D eigenvalue weighted by Gasteiger charge is 2.25. The molecule has 1 aromatic heterocycles. The van der Waals surface area contributed by atoms with E-state index in [1.54, 1.807) is 16.8 Å². The summed E-state index contributed by atoms with van der Waals surface area (Å²) in [5.74, 6) is -0.0201. The SMILES string of the molecule is O=C(c1cc(-c2ccccc2Cl)nn1-c1cccc(Cl)c1)N1CCCC1. The molecule has 1 aliphatic rings. The summed E-state index contributed by atoms with van der Waals surface area (Å²) in [6.07, 6.45) is 2.07. The maximum atomic E-state index is 13.1. The quantitative estimate of drug-likeness (QED) is 0.630. The lowest BCUT2D eigenvalue weighted by atomic mass is 10.1. The summed E-state index contributed by atoms with van der Waals surface area (Å²) in [5.41, 5.74) is 2.73. The molecule has 26 heavy (non-hydrogen) atoms. The van der Waals surface area contributed by atoms with Crippen molar-refractivity contribution in [1.82, 2.24) is 14.7 Å². The smallest absolute Gasteiger partial charge is 0.272 e. The molecule has 4 nitrogen and oxygen atoms in total. The van der Waals surface area contributed by atoms with Gasteiger partial charge in [-0.05, 0) is 43.2 Å². The van der Waals surface area contributed by atoms with Gasteiger partial charge >= 0.3 is 0 Å². The van der Waals surface area contributed by atoms with Crippen LogP contribution in [-0.4, -0.2) is 33.7 Å². The number of amides is 1. The number of carbonyl (C=O) groups excluding carboxylic acids is 1. The second-order valence-electron chi connectivity index (χ2n) is 6.29. The van der Waals surface area contributed by atoms with Crippen molar-refractivity contribution in [2.75, 3.05) is 13.1 Å². The third-order valence-corrected chi connectivity index (χ3v) is 5.09. The molecule has 0 saturated carbocycles. The molecule has 132 valence electrons. The number of hydrogen-bond donors (Lipinski definition) is 0. The number of aromatic nitrogens is 2. The Morgan fingerprint density at radius 2 is 1.73 bits per heavy atom. The second-order valence-corrected chi connectivity index (χ2v) is 7.13. The average Bonchev–Trinajstić information content (AvgIpc) is 3.32. The minimum atomic E-state index is -0.0201. The maximum absolute atomic E-state index is 13.1. The van der Waals surface area contributed by atoms with E-state index in [0.717, 1.165) is 37.2 Å². The van der Waals surface area contributed by atoms with Crippen molar-refractivity contribution in [2.24, 2.45) is 0 Å². The second kappa shape index (κ2) is 7.14. The summed E-state index contributed by atoms with van der Waals surface area (Å²) in [6, 6.07) is 16.6. The highest BCUT2D eigenvalue weighted by atomic mass is 35.5. The Kier molecular flexibility index (Phi) is 4.70. The van der Waals surface area contributed by atoms with Crippen molar-refractivity contribution >= 4 is 29.1 Å². The van der Waals surface area contributed by atoms with E-state index >= 15 is 0 Å². The Bertz CT molecular complexity index is 961. The minimum absolute atomic E-state index is 0.0201. The van der Waals surface area contributed by atoms with Crippen LogP contribution < -0.4 is 0 Å². The van der Waals surface area contributed by atoms with Crippen LogP contribution >= 0.6 is 23.2 Å². The molecule has 1 fully saturated rings. The van der Waals surface area contributed by atoms with Gasteiger partial charge in [-0.15, -0.1) is 0 Å². The van der Waals surface area contributed by atoms with Crippen molar-refractivity contribution in [3.63, 3.8) is 0 Å².